The molecule has 0 aromatic heterocycles. The first-order valence-corrected chi connectivity index (χ1v) is 11.0. The molecule has 0 saturated carbocycles. The summed E-state index contributed by atoms with van der Waals surface area (Å²) in [4.78, 5) is 26.8. The molecule has 2 aromatic rings. The SMILES string of the molecule is CCOc1cc(/C=C2\SC(=O)N(Cc3cccc(Cl)c3)C2=O)ccc1OCC(C)C. The van der Waals surface area contributed by atoms with Gasteiger partial charge in [-0.1, -0.05) is 43.6 Å². The Kier molecular flexibility index (Phi) is 7.45. The summed E-state index contributed by atoms with van der Waals surface area (Å²) in [7, 11) is 0. The molecule has 1 fully saturated rings. The van der Waals surface area contributed by atoms with Crippen molar-refractivity contribution in [2.75, 3.05) is 13.2 Å². The van der Waals surface area contributed by atoms with Gasteiger partial charge in [-0.05, 0) is 66.1 Å². The zero-order chi connectivity index (χ0) is 21.7. The van der Waals surface area contributed by atoms with Crippen LogP contribution in [-0.4, -0.2) is 29.3 Å². The molecule has 0 N–H and O–H groups in total. The summed E-state index contributed by atoms with van der Waals surface area (Å²) in [6.45, 7) is 7.33. The number of halogens is 1. The lowest BCUT2D eigenvalue weighted by molar-refractivity contribution is -0.123. The topological polar surface area (TPSA) is 55.8 Å². The fraction of sp³-hybridized carbons (Fsp3) is 0.304. The lowest BCUT2D eigenvalue weighted by Gasteiger charge is -2.14. The van der Waals surface area contributed by atoms with Crippen LogP contribution in [0, 0.1) is 5.92 Å². The van der Waals surface area contributed by atoms with Gasteiger partial charge in [-0.3, -0.25) is 14.5 Å². The molecule has 1 heterocycles. The highest BCUT2D eigenvalue weighted by Crippen LogP contribution is 2.35. The minimum absolute atomic E-state index is 0.189. The van der Waals surface area contributed by atoms with Gasteiger partial charge >= 0.3 is 0 Å². The number of carbonyl (C=O) groups is 2. The zero-order valence-electron chi connectivity index (χ0n) is 17.2. The first-order chi connectivity index (χ1) is 14.4. The molecular weight excluding hydrogens is 422 g/mol. The van der Waals surface area contributed by atoms with Crippen molar-refractivity contribution < 1.29 is 19.1 Å². The van der Waals surface area contributed by atoms with E-state index in [4.69, 9.17) is 21.1 Å². The number of nitrogens with zero attached hydrogens (tertiary/aromatic N) is 1. The number of hydrogen-bond donors (Lipinski definition) is 0. The summed E-state index contributed by atoms with van der Waals surface area (Å²) >= 11 is 6.94. The van der Waals surface area contributed by atoms with E-state index in [9.17, 15) is 9.59 Å². The van der Waals surface area contributed by atoms with E-state index in [1.54, 1.807) is 24.3 Å². The van der Waals surface area contributed by atoms with E-state index < -0.39 is 0 Å². The lowest BCUT2D eigenvalue weighted by Crippen LogP contribution is -2.27. The molecule has 0 spiro atoms. The van der Waals surface area contributed by atoms with Crippen LogP contribution in [0.3, 0.4) is 0 Å². The molecular formula is C23H24ClNO4S. The van der Waals surface area contributed by atoms with E-state index in [1.807, 2.05) is 31.2 Å². The van der Waals surface area contributed by atoms with Crippen LogP contribution in [0.5, 0.6) is 11.5 Å². The van der Waals surface area contributed by atoms with E-state index in [0.717, 1.165) is 22.9 Å². The van der Waals surface area contributed by atoms with Crippen LogP contribution >= 0.6 is 23.4 Å². The van der Waals surface area contributed by atoms with E-state index in [1.165, 1.54) is 4.90 Å². The van der Waals surface area contributed by atoms with Gasteiger partial charge < -0.3 is 9.47 Å². The van der Waals surface area contributed by atoms with Crippen molar-refractivity contribution in [3.8, 4) is 11.5 Å². The number of benzene rings is 2. The van der Waals surface area contributed by atoms with E-state index in [0.29, 0.717) is 40.6 Å². The lowest BCUT2D eigenvalue weighted by atomic mass is 10.1. The molecule has 2 aromatic carbocycles. The second-order valence-corrected chi connectivity index (χ2v) is 8.67. The fourth-order valence-corrected chi connectivity index (χ4v) is 3.92. The second kappa shape index (κ2) is 10.0. The highest BCUT2D eigenvalue weighted by atomic mass is 35.5. The third-order valence-corrected chi connectivity index (χ3v) is 5.38. The number of imide groups is 1. The molecule has 1 aliphatic rings. The fourth-order valence-electron chi connectivity index (χ4n) is 2.86. The van der Waals surface area contributed by atoms with Gasteiger partial charge in [0, 0.05) is 5.02 Å². The molecule has 1 saturated heterocycles. The Morgan fingerprint density at radius 1 is 1.10 bits per heavy atom. The Morgan fingerprint density at radius 2 is 1.90 bits per heavy atom. The molecule has 3 rings (SSSR count). The van der Waals surface area contributed by atoms with Crippen molar-refractivity contribution >= 4 is 40.6 Å². The maximum absolute atomic E-state index is 12.8. The van der Waals surface area contributed by atoms with Crippen LogP contribution in [0.15, 0.2) is 47.4 Å². The molecule has 2 amide bonds. The molecule has 7 heteroatoms. The molecule has 158 valence electrons. The minimum Gasteiger partial charge on any atom is -0.490 e. The third-order valence-electron chi connectivity index (χ3n) is 4.24. The number of carbonyl (C=O) groups excluding carboxylic acids is 2. The Morgan fingerprint density at radius 3 is 2.60 bits per heavy atom. The van der Waals surface area contributed by atoms with Crippen molar-refractivity contribution in [1.82, 2.24) is 4.90 Å². The number of thioether (sulfide) groups is 1. The molecule has 0 bridgehead atoms. The van der Waals surface area contributed by atoms with Gasteiger partial charge in [0.15, 0.2) is 11.5 Å². The average Bonchev–Trinajstić information content (AvgIpc) is 2.95. The van der Waals surface area contributed by atoms with Gasteiger partial charge in [0.05, 0.1) is 24.7 Å². The van der Waals surface area contributed by atoms with Crippen LogP contribution in [0.1, 0.15) is 31.9 Å². The maximum Gasteiger partial charge on any atom is 0.293 e. The summed E-state index contributed by atoms with van der Waals surface area (Å²) in [5.41, 5.74) is 1.57. The van der Waals surface area contributed by atoms with Crippen molar-refractivity contribution in [2.45, 2.75) is 27.3 Å². The smallest absolute Gasteiger partial charge is 0.293 e. The molecule has 0 atom stereocenters. The normalized spacial score (nSPS) is 15.4. The first-order valence-electron chi connectivity index (χ1n) is 9.76. The van der Waals surface area contributed by atoms with Crippen molar-refractivity contribution in [3.05, 3.63) is 63.5 Å². The van der Waals surface area contributed by atoms with E-state index in [-0.39, 0.29) is 17.7 Å². The van der Waals surface area contributed by atoms with Gasteiger partial charge in [-0.15, -0.1) is 0 Å². The van der Waals surface area contributed by atoms with Crippen molar-refractivity contribution in [2.24, 2.45) is 5.92 Å². The number of ether oxygens (including phenoxy) is 2. The minimum atomic E-state index is -0.317. The number of rotatable bonds is 8. The summed E-state index contributed by atoms with van der Waals surface area (Å²) in [5.74, 6) is 1.36. The molecule has 0 radical (unpaired) electrons. The van der Waals surface area contributed by atoms with Gasteiger partial charge in [0.25, 0.3) is 11.1 Å². The summed E-state index contributed by atoms with van der Waals surface area (Å²) < 4.78 is 11.5. The predicted octanol–water partition coefficient (Wildman–Crippen LogP) is 6.01. The molecule has 1 aliphatic heterocycles. The largest absolute Gasteiger partial charge is 0.490 e. The number of amides is 2. The Balaban J connectivity index is 1.79. The van der Waals surface area contributed by atoms with E-state index >= 15 is 0 Å². The van der Waals surface area contributed by atoms with Crippen molar-refractivity contribution in [3.63, 3.8) is 0 Å². The summed E-state index contributed by atoms with van der Waals surface area (Å²) in [6.07, 6.45) is 1.71. The monoisotopic (exact) mass is 445 g/mol. The molecule has 0 aliphatic carbocycles. The van der Waals surface area contributed by atoms with Gasteiger partial charge in [-0.25, -0.2) is 0 Å². The summed E-state index contributed by atoms with van der Waals surface area (Å²) in [5, 5.41) is 0.270. The van der Waals surface area contributed by atoms with Crippen LogP contribution in [0.25, 0.3) is 6.08 Å². The highest BCUT2D eigenvalue weighted by Gasteiger charge is 2.35. The summed E-state index contributed by atoms with van der Waals surface area (Å²) in [6, 6.07) is 12.6. The maximum atomic E-state index is 12.8. The van der Waals surface area contributed by atoms with Crippen LogP contribution in [0.2, 0.25) is 5.02 Å². The zero-order valence-corrected chi connectivity index (χ0v) is 18.8. The van der Waals surface area contributed by atoms with Gasteiger partial charge in [0.1, 0.15) is 0 Å². The van der Waals surface area contributed by atoms with Crippen molar-refractivity contribution in [1.29, 1.82) is 0 Å². The molecule has 30 heavy (non-hydrogen) atoms. The second-order valence-electron chi connectivity index (χ2n) is 7.24. The van der Waals surface area contributed by atoms with E-state index in [2.05, 4.69) is 13.8 Å². The Bertz CT molecular complexity index is 973. The molecule has 0 unspecified atom stereocenters. The quantitative estimate of drug-likeness (QED) is 0.465. The highest BCUT2D eigenvalue weighted by molar-refractivity contribution is 8.18. The Hall–Kier alpha value is -2.44. The number of hydrogen-bond acceptors (Lipinski definition) is 5. The van der Waals surface area contributed by atoms with Gasteiger partial charge in [0.2, 0.25) is 0 Å². The van der Waals surface area contributed by atoms with Gasteiger partial charge in [-0.2, -0.15) is 0 Å². The average molecular weight is 446 g/mol. The predicted molar refractivity (Wildman–Crippen MR) is 121 cm³/mol. The Labute approximate surface area is 186 Å². The van der Waals surface area contributed by atoms with Crippen LogP contribution in [0.4, 0.5) is 4.79 Å². The van der Waals surface area contributed by atoms with Crippen LogP contribution in [-0.2, 0) is 11.3 Å². The standard InChI is InChI=1S/C23H24ClNO4S/c1-4-28-20-11-16(8-9-19(20)29-14-15(2)3)12-21-22(26)25(23(27)30-21)13-17-6-5-7-18(24)10-17/h5-12,15H,4,13-14H2,1-3H3/b21-12-. The molecule has 5 nitrogen and oxygen atoms in total. The third kappa shape index (κ3) is 5.58. The van der Waals surface area contributed by atoms with Crippen LogP contribution < -0.4 is 9.47 Å². The first kappa shape index (κ1) is 22.2.